The molecule has 0 saturated carbocycles. The third-order valence-corrected chi connectivity index (χ3v) is 7.59. The largest absolute Gasteiger partial charge is 0.478 e. The minimum absolute atomic E-state index is 0.0702. The van der Waals surface area contributed by atoms with Crippen LogP contribution in [0.25, 0.3) is 0 Å². The normalized spacial score (nSPS) is 16.7. The lowest BCUT2D eigenvalue weighted by Crippen LogP contribution is -2.64. The van der Waals surface area contributed by atoms with Crippen molar-refractivity contribution in [3.05, 3.63) is 89.5 Å². The number of hydrogen-bond acceptors (Lipinski definition) is 5. The molecule has 1 fully saturated rings. The van der Waals surface area contributed by atoms with Crippen LogP contribution in [0.2, 0.25) is 0 Å². The number of benzene rings is 2. The van der Waals surface area contributed by atoms with Crippen LogP contribution in [0.3, 0.4) is 0 Å². The summed E-state index contributed by atoms with van der Waals surface area (Å²) in [5.41, 5.74) is 7.46. The molecule has 0 bridgehead atoms. The summed E-state index contributed by atoms with van der Waals surface area (Å²) in [5, 5.41) is 0. The van der Waals surface area contributed by atoms with Crippen LogP contribution in [0.15, 0.2) is 71.8 Å². The average molecular weight is 470 g/mol. The van der Waals surface area contributed by atoms with Crippen LogP contribution in [0.1, 0.15) is 30.7 Å². The maximum Gasteiger partial charge on any atom is 0.243 e. The molecule has 6 nitrogen and oxygen atoms in total. The van der Waals surface area contributed by atoms with Crippen molar-refractivity contribution in [1.82, 2.24) is 9.29 Å². The van der Waals surface area contributed by atoms with Gasteiger partial charge in [-0.1, -0.05) is 31.2 Å². The number of hydrogen-bond donors (Lipinski definition) is 1. The van der Waals surface area contributed by atoms with E-state index in [4.69, 9.17) is 10.5 Å². The molecule has 1 aliphatic rings. The molecule has 0 unspecified atom stereocenters. The zero-order valence-corrected chi connectivity index (χ0v) is 19.6. The molecule has 1 aromatic heterocycles. The molecule has 8 heteroatoms. The zero-order chi connectivity index (χ0) is 23.6. The molecular weight excluding hydrogens is 441 g/mol. The number of pyridine rings is 1. The van der Waals surface area contributed by atoms with Gasteiger partial charge in [0, 0.05) is 11.7 Å². The van der Waals surface area contributed by atoms with Gasteiger partial charge in [-0.05, 0) is 67.3 Å². The SMILES string of the molecule is CCc1ccc(OC2(c3ccc(F)cc3)CN(S(=O)(=O)c3cccc(C[C@H](C)N)c3)C2)cn1. The molecule has 2 heterocycles. The predicted molar refractivity (Wildman–Crippen MR) is 125 cm³/mol. The van der Waals surface area contributed by atoms with Crippen molar-refractivity contribution in [2.45, 2.75) is 43.2 Å². The zero-order valence-electron chi connectivity index (χ0n) is 18.7. The van der Waals surface area contributed by atoms with Gasteiger partial charge in [0.2, 0.25) is 10.0 Å². The fourth-order valence-electron chi connectivity index (χ4n) is 4.01. The van der Waals surface area contributed by atoms with Gasteiger partial charge in [-0.3, -0.25) is 4.98 Å². The Hall–Kier alpha value is -2.81. The molecule has 0 spiro atoms. The van der Waals surface area contributed by atoms with Gasteiger partial charge in [0.05, 0.1) is 24.2 Å². The van der Waals surface area contributed by atoms with Gasteiger partial charge in [-0.25, -0.2) is 12.8 Å². The van der Waals surface area contributed by atoms with Gasteiger partial charge in [0.1, 0.15) is 11.6 Å². The molecule has 174 valence electrons. The molecule has 1 aliphatic heterocycles. The van der Waals surface area contributed by atoms with E-state index in [2.05, 4.69) is 4.98 Å². The first-order chi connectivity index (χ1) is 15.7. The number of aryl methyl sites for hydroxylation is 1. The van der Waals surface area contributed by atoms with Crippen molar-refractivity contribution in [3.8, 4) is 5.75 Å². The summed E-state index contributed by atoms with van der Waals surface area (Å²) in [7, 11) is -3.73. The lowest BCUT2D eigenvalue weighted by atomic mass is 9.87. The maximum absolute atomic E-state index is 13.6. The van der Waals surface area contributed by atoms with Crippen LogP contribution in [0, 0.1) is 5.82 Å². The van der Waals surface area contributed by atoms with Crippen LogP contribution in [0.4, 0.5) is 4.39 Å². The van der Waals surface area contributed by atoms with Crippen LogP contribution in [-0.2, 0) is 28.5 Å². The highest BCUT2D eigenvalue weighted by atomic mass is 32.2. The Morgan fingerprint density at radius 1 is 1.15 bits per heavy atom. The third kappa shape index (κ3) is 4.93. The van der Waals surface area contributed by atoms with Crippen molar-refractivity contribution in [3.63, 3.8) is 0 Å². The Balaban J connectivity index is 1.61. The second-order valence-corrected chi connectivity index (χ2v) is 10.5. The second-order valence-electron chi connectivity index (χ2n) is 8.54. The first-order valence-electron chi connectivity index (χ1n) is 11.0. The second kappa shape index (κ2) is 9.21. The minimum Gasteiger partial charge on any atom is -0.478 e. The number of sulfonamides is 1. The summed E-state index contributed by atoms with van der Waals surface area (Å²) < 4.78 is 47.9. The Morgan fingerprint density at radius 2 is 1.88 bits per heavy atom. The Labute approximate surface area is 194 Å². The number of ether oxygens (including phenoxy) is 1. The number of halogens is 1. The summed E-state index contributed by atoms with van der Waals surface area (Å²) in [4.78, 5) is 4.59. The fraction of sp³-hybridized carbons (Fsp3) is 0.320. The number of nitrogens with two attached hydrogens (primary N) is 1. The highest BCUT2D eigenvalue weighted by Crippen LogP contribution is 2.40. The van der Waals surface area contributed by atoms with Crippen molar-refractivity contribution in [2.24, 2.45) is 5.73 Å². The van der Waals surface area contributed by atoms with E-state index in [0.29, 0.717) is 17.7 Å². The average Bonchev–Trinajstić information content (AvgIpc) is 2.76. The quantitative estimate of drug-likeness (QED) is 0.544. The monoisotopic (exact) mass is 469 g/mol. The molecule has 0 radical (unpaired) electrons. The first kappa shape index (κ1) is 23.4. The van der Waals surface area contributed by atoms with Crippen molar-refractivity contribution in [2.75, 3.05) is 13.1 Å². The van der Waals surface area contributed by atoms with Crippen LogP contribution in [0.5, 0.6) is 5.75 Å². The molecule has 3 aromatic rings. The lowest BCUT2D eigenvalue weighted by molar-refractivity contribution is -0.0415. The van der Waals surface area contributed by atoms with E-state index in [9.17, 15) is 12.8 Å². The molecule has 33 heavy (non-hydrogen) atoms. The predicted octanol–water partition coefficient (Wildman–Crippen LogP) is 3.65. The van der Waals surface area contributed by atoms with Crippen molar-refractivity contribution >= 4 is 10.0 Å². The third-order valence-electron chi connectivity index (χ3n) is 5.80. The number of rotatable bonds is 8. The van der Waals surface area contributed by atoms with E-state index in [1.807, 2.05) is 32.0 Å². The van der Waals surface area contributed by atoms with Crippen LogP contribution >= 0.6 is 0 Å². The van der Waals surface area contributed by atoms with E-state index in [1.165, 1.54) is 16.4 Å². The molecule has 0 aliphatic carbocycles. The highest BCUT2D eigenvalue weighted by molar-refractivity contribution is 7.89. The van der Waals surface area contributed by atoms with Gasteiger partial charge in [-0.2, -0.15) is 4.31 Å². The van der Waals surface area contributed by atoms with Gasteiger partial charge in [-0.15, -0.1) is 0 Å². The summed E-state index contributed by atoms with van der Waals surface area (Å²) in [6.45, 7) is 4.11. The smallest absolute Gasteiger partial charge is 0.243 e. The van der Waals surface area contributed by atoms with Crippen molar-refractivity contribution < 1.29 is 17.5 Å². The van der Waals surface area contributed by atoms with Crippen LogP contribution < -0.4 is 10.5 Å². The molecule has 2 aromatic carbocycles. The lowest BCUT2D eigenvalue weighted by Gasteiger charge is -2.48. The first-order valence-corrected chi connectivity index (χ1v) is 12.4. The maximum atomic E-state index is 13.6. The Kier molecular flexibility index (Phi) is 6.52. The molecule has 2 N–H and O–H groups in total. The Morgan fingerprint density at radius 3 is 2.48 bits per heavy atom. The number of aromatic nitrogens is 1. The summed E-state index contributed by atoms with van der Waals surface area (Å²) in [5.74, 6) is 0.171. The summed E-state index contributed by atoms with van der Waals surface area (Å²) in [6.07, 6.45) is 3.03. The topological polar surface area (TPSA) is 85.5 Å². The van der Waals surface area contributed by atoms with Gasteiger partial charge in [0.25, 0.3) is 0 Å². The van der Waals surface area contributed by atoms with E-state index >= 15 is 0 Å². The van der Waals surface area contributed by atoms with E-state index < -0.39 is 15.6 Å². The highest BCUT2D eigenvalue weighted by Gasteiger charge is 2.52. The Bertz CT molecular complexity index is 1210. The van der Waals surface area contributed by atoms with Crippen molar-refractivity contribution in [1.29, 1.82) is 0 Å². The van der Waals surface area contributed by atoms with Gasteiger partial charge >= 0.3 is 0 Å². The summed E-state index contributed by atoms with van der Waals surface area (Å²) in [6, 6.07) is 16.5. The fourth-order valence-corrected chi connectivity index (χ4v) is 5.62. The molecule has 1 saturated heterocycles. The van der Waals surface area contributed by atoms with Gasteiger partial charge in [0.15, 0.2) is 5.60 Å². The van der Waals surface area contributed by atoms with Gasteiger partial charge < -0.3 is 10.5 Å². The molecule has 4 rings (SSSR count). The van der Waals surface area contributed by atoms with E-state index in [0.717, 1.165) is 17.7 Å². The minimum atomic E-state index is -3.73. The van der Waals surface area contributed by atoms with Crippen LogP contribution in [-0.4, -0.2) is 36.8 Å². The van der Waals surface area contributed by atoms with E-state index in [-0.39, 0.29) is 29.8 Å². The standard InChI is InChI=1S/C25H28FN3O3S/c1-3-22-11-12-23(15-28-22)32-25(20-7-9-21(26)10-8-20)16-29(17-25)33(30,31)24-6-4-5-19(14-24)13-18(2)27/h4-12,14-15,18H,3,13,16-17,27H2,1-2H3/t18-/m0/s1. The summed E-state index contributed by atoms with van der Waals surface area (Å²) >= 11 is 0. The number of nitrogens with zero attached hydrogens (tertiary/aromatic N) is 2. The van der Waals surface area contributed by atoms with E-state index in [1.54, 1.807) is 36.5 Å². The molecule has 0 amide bonds. The molecular formula is C25H28FN3O3S. The molecule has 1 atom stereocenters.